The number of hydrogen-bond acceptors (Lipinski definition) is 2. The molecule has 0 fully saturated rings. The summed E-state index contributed by atoms with van der Waals surface area (Å²) in [6.45, 7) is 5.24. The average Bonchev–Trinajstić information content (AvgIpc) is 1.89. The molecule has 0 atom stereocenters. The Balaban J connectivity index is 3.28. The average molecular weight is 144 g/mol. The summed E-state index contributed by atoms with van der Waals surface area (Å²) < 4.78 is 0. The molecule has 0 unspecified atom stereocenters. The summed E-state index contributed by atoms with van der Waals surface area (Å²) in [5.41, 5.74) is 5.67. The Morgan fingerprint density at radius 3 is 2.30 bits per heavy atom. The van der Waals surface area contributed by atoms with Gasteiger partial charge in [-0.15, -0.1) is 0 Å². The smallest absolute Gasteiger partial charge is 0.0122 e. The quantitative estimate of drug-likeness (QED) is 0.567. The third-order valence-corrected chi connectivity index (χ3v) is 1.93. The molecule has 0 bridgehead atoms. The van der Waals surface area contributed by atoms with E-state index < -0.39 is 0 Å². The van der Waals surface area contributed by atoms with Gasteiger partial charge in [-0.1, -0.05) is 6.42 Å². The minimum atomic E-state index is 0.287. The molecule has 2 nitrogen and oxygen atoms in total. The highest BCUT2D eigenvalue weighted by atomic mass is 14.9. The second-order valence-corrected chi connectivity index (χ2v) is 3.38. The summed E-state index contributed by atoms with van der Waals surface area (Å²) in [6, 6.07) is 0. The lowest BCUT2D eigenvalue weighted by Gasteiger charge is -2.23. The zero-order valence-electron chi connectivity index (χ0n) is 7.41. The van der Waals surface area contributed by atoms with Crippen LogP contribution >= 0.6 is 0 Å². The van der Waals surface area contributed by atoms with Crippen LogP contribution in [0, 0.1) is 0 Å². The van der Waals surface area contributed by atoms with E-state index in [0.717, 1.165) is 13.0 Å². The second kappa shape index (κ2) is 4.69. The van der Waals surface area contributed by atoms with Crippen molar-refractivity contribution in [1.82, 2.24) is 5.32 Å². The van der Waals surface area contributed by atoms with Crippen molar-refractivity contribution < 1.29 is 0 Å². The van der Waals surface area contributed by atoms with Gasteiger partial charge < -0.3 is 11.1 Å². The maximum Gasteiger partial charge on any atom is 0.0122 e. The molecule has 0 aliphatic heterocycles. The topological polar surface area (TPSA) is 38.0 Å². The zero-order valence-corrected chi connectivity index (χ0v) is 7.41. The normalized spacial score (nSPS) is 12.0. The van der Waals surface area contributed by atoms with Crippen LogP contribution < -0.4 is 11.1 Å². The lowest BCUT2D eigenvalue weighted by atomic mass is 9.98. The Bertz CT molecular complexity index is 79.3. The third-order valence-electron chi connectivity index (χ3n) is 1.93. The SMILES string of the molecule is CNC(C)(C)CCCCN. The maximum atomic E-state index is 5.38. The first-order valence-electron chi connectivity index (χ1n) is 4.01. The molecule has 0 aliphatic rings. The fourth-order valence-corrected chi connectivity index (χ4v) is 0.836. The van der Waals surface area contributed by atoms with Gasteiger partial charge in [-0.3, -0.25) is 0 Å². The van der Waals surface area contributed by atoms with Gasteiger partial charge in [-0.25, -0.2) is 0 Å². The minimum absolute atomic E-state index is 0.287. The van der Waals surface area contributed by atoms with Crippen molar-refractivity contribution in [2.75, 3.05) is 13.6 Å². The van der Waals surface area contributed by atoms with Crippen LogP contribution in [0.3, 0.4) is 0 Å². The number of nitrogens with one attached hydrogen (secondary N) is 1. The molecular formula is C8H20N2. The molecule has 0 saturated carbocycles. The predicted octanol–water partition coefficient (Wildman–Crippen LogP) is 1.11. The standard InChI is InChI=1S/C8H20N2/c1-8(2,10-3)6-4-5-7-9/h10H,4-7,9H2,1-3H3. The number of rotatable bonds is 5. The number of unbranched alkanes of at least 4 members (excludes halogenated alkanes) is 1. The zero-order chi connectivity index (χ0) is 8.04. The molecule has 0 radical (unpaired) electrons. The van der Waals surface area contributed by atoms with Gasteiger partial charge in [-0.2, -0.15) is 0 Å². The Kier molecular flexibility index (Phi) is 4.65. The van der Waals surface area contributed by atoms with Gasteiger partial charge >= 0.3 is 0 Å². The molecule has 0 aromatic rings. The summed E-state index contributed by atoms with van der Waals surface area (Å²) in [6.07, 6.45) is 3.58. The van der Waals surface area contributed by atoms with Crippen LogP contribution in [0.2, 0.25) is 0 Å². The van der Waals surface area contributed by atoms with E-state index >= 15 is 0 Å². The van der Waals surface area contributed by atoms with Gasteiger partial charge in [0.1, 0.15) is 0 Å². The van der Waals surface area contributed by atoms with E-state index in [1.165, 1.54) is 12.8 Å². The Morgan fingerprint density at radius 2 is 1.90 bits per heavy atom. The molecule has 62 valence electrons. The van der Waals surface area contributed by atoms with Gasteiger partial charge in [-0.05, 0) is 40.3 Å². The van der Waals surface area contributed by atoms with Gasteiger partial charge in [0.25, 0.3) is 0 Å². The Morgan fingerprint density at radius 1 is 1.30 bits per heavy atom. The predicted molar refractivity (Wildman–Crippen MR) is 46.0 cm³/mol. The molecule has 2 heteroatoms. The Hall–Kier alpha value is -0.0800. The van der Waals surface area contributed by atoms with E-state index in [4.69, 9.17) is 5.73 Å². The largest absolute Gasteiger partial charge is 0.330 e. The summed E-state index contributed by atoms with van der Waals surface area (Å²) in [5.74, 6) is 0. The molecular weight excluding hydrogens is 124 g/mol. The highest BCUT2D eigenvalue weighted by Crippen LogP contribution is 2.10. The van der Waals surface area contributed by atoms with Crippen LogP contribution in [-0.2, 0) is 0 Å². The summed E-state index contributed by atoms with van der Waals surface area (Å²) in [4.78, 5) is 0. The van der Waals surface area contributed by atoms with Crippen LogP contribution in [0.1, 0.15) is 33.1 Å². The highest BCUT2D eigenvalue weighted by molar-refractivity contribution is 4.74. The molecule has 0 spiro atoms. The molecule has 0 heterocycles. The van der Waals surface area contributed by atoms with Crippen molar-refractivity contribution in [2.24, 2.45) is 5.73 Å². The van der Waals surface area contributed by atoms with Crippen molar-refractivity contribution in [3.05, 3.63) is 0 Å². The molecule has 0 amide bonds. The van der Waals surface area contributed by atoms with Crippen molar-refractivity contribution in [2.45, 2.75) is 38.6 Å². The van der Waals surface area contributed by atoms with E-state index in [9.17, 15) is 0 Å². The van der Waals surface area contributed by atoms with Gasteiger partial charge in [0.2, 0.25) is 0 Å². The fourth-order valence-electron chi connectivity index (χ4n) is 0.836. The number of nitrogens with two attached hydrogens (primary N) is 1. The number of hydrogen-bond donors (Lipinski definition) is 2. The van der Waals surface area contributed by atoms with Crippen molar-refractivity contribution in [1.29, 1.82) is 0 Å². The van der Waals surface area contributed by atoms with Gasteiger partial charge in [0.15, 0.2) is 0 Å². The van der Waals surface area contributed by atoms with Crippen molar-refractivity contribution in [3.63, 3.8) is 0 Å². The van der Waals surface area contributed by atoms with E-state index in [2.05, 4.69) is 19.2 Å². The van der Waals surface area contributed by atoms with Crippen molar-refractivity contribution >= 4 is 0 Å². The van der Waals surface area contributed by atoms with Gasteiger partial charge in [0, 0.05) is 5.54 Å². The third kappa shape index (κ3) is 4.77. The van der Waals surface area contributed by atoms with Crippen LogP contribution in [0.25, 0.3) is 0 Å². The lowest BCUT2D eigenvalue weighted by Crippen LogP contribution is -2.35. The van der Waals surface area contributed by atoms with Crippen LogP contribution in [0.15, 0.2) is 0 Å². The first-order chi connectivity index (χ1) is 4.62. The fraction of sp³-hybridized carbons (Fsp3) is 1.00. The molecule has 0 aromatic carbocycles. The van der Waals surface area contributed by atoms with E-state index in [0.29, 0.717) is 0 Å². The van der Waals surface area contributed by atoms with E-state index in [1.807, 2.05) is 7.05 Å². The Labute approximate surface area is 64.2 Å². The molecule has 0 aromatic heterocycles. The van der Waals surface area contributed by atoms with Crippen LogP contribution in [0.4, 0.5) is 0 Å². The lowest BCUT2D eigenvalue weighted by molar-refractivity contribution is 0.378. The highest BCUT2D eigenvalue weighted by Gasteiger charge is 2.12. The van der Waals surface area contributed by atoms with E-state index in [-0.39, 0.29) is 5.54 Å². The molecule has 10 heavy (non-hydrogen) atoms. The summed E-state index contributed by atoms with van der Waals surface area (Å²) in [5, 5.41) is 3.26. The second-order valence-electron chi connectivity index (χ2n) is 3.38. The van der Waals surface area contributed by atoms with Crippen LogP contribution in [-0.4, -0.2) is 19.1 Å². The van der Waals surface area contributed by atoms with Crippen molar-refractivity contribution in [3.8, 4) is 0 Å². The molecule has 0 aliphatic carbocycles. The van der Waals surface area contributed by atoms with Gasteiger partial charge in [0.05, 0.1) is 0 Å². The first-order valence-corrected chi connectivity index (χ1v) is 4.01. The van der Waals surface area contributed by atoms with Crippen LogP contribution in [0.5, 0.6) is 0 Å². The first kappa shape index (κ1) is 9.92. The maximum absolute atomic E-state index is 5.38. The molecule has 3 N–H and O–H groups in total. The van der Waals surface area contributed by atoms with E-state index in [1.54, 1.807) is 0 Å². The summed E-state index contributed by atoms with van der Waals surface area (Å²) in [7, 11) is 2.00. The molecule has 0 saturated heterocycles. The monoisotopic (exact) mass is 144 g/mol. The minimum Gasteiger partial charge on any atom is -0.330 e. The summed E-state index contributed by atoms with van der Waals surface area (Å²) >= 11 is 0. The molecule has 0 rings (SSSR count).